The molecule has 1 atom stereocenters. The summed E-state index contributed by atoms with van der Waals surface area (Å²) in [6.45, 7) is 3.82. The quantitative estimate of drug-likeness (QED) is 0.852. The van der Waals surface area contributed by atoms with Gasteiger partial charge in [-0.25, -0.2) is 9.97 Å². The molecular weight excluding hydrogens is 290 g/mol. The van der Waals surface area contributed by atoms with Crippen LogP contribution in [0, 0.1) is 5.92 Å². The van der Waals surface area contributed by atoms with Gasteiger partial charge in [-0.05, 0) is 31.7 Å². The molecule has 2 aliphatic rings. The average Bonchev–Trinajstić information content (AvgIpc) is 2.90. The molecule has 2 aromatic heterocycles. The number of likely N-dealkylation sites (tertiary alicyclic amines) is 1. The first-order chi connectivity index (χ1) is 11.3. The van der Waals surface area contributed by atoms with E-state index in [1.165, 1.54) is 0 Å². The van der Waals surface area contributed by atoms with Crippen LogP contribution < -0.4 is 9.64 Å². The molecule has 2 aliphatic heterocycles. The van der Waals surface area contributed by atoms with E-state index in [9.17, 15) is 0 Å². The van der Waals surface area contributed by atoms with Crippen molar-refractivity contribution < 1.29 is 4.74 Å². The monoisotopic (exact) mass is 311 g/mol. The van der Waals surface area contributed by atoms with Gasteiger partial charge in [0, 0.05) is 44.1 Å². The zero-order chi connectivity index (χ0) is 15.7. The van der Waals surface area contributed by atoms with Crippen LogP contribution in [0.1, 0.15) is 6.42 Å². The predicted molar refractivity (Wildman–Crippen MR) is 87.4 cm³/mol. The van der Waals surface area contributed by atoms with Crippen LogP contribution in [-0.2, 0) is 0 Å². The van der Waals surface area contributed by atoms with Gasteiger partial charge < -0.3 is 9.64 Å². The highest BCUT2D eigenvalue weighted by Crippen LogP contribution is 2.40. The summed E-state index contributed by atoms with van der Waals surface area (Å²) in [4.78, 5) is 17.5. The Morgan fingerprint density at radius 1 is 1.22 bits per heavy atom. The third-order valence-electron chi connectivity index (χ3n) is 4.94. The molecule has 6 nitrogen and oxygen atoms in total. The van der Waals surface area contributed by atoms with E-state index in [1.807, 2.05) is 18.2 Å². The number of pyridine rings is 1. The molecule has 4 rings (SSSR count). The fraction of sp³-hybridized carbons (Fsp3) is 0.471. The second-order valence-corrected chi connectivity index (χ2v) is 6.58. The maximum absolute atomic E-state index is 5.88. The molecule has 0 saturated carbocycles. The molecule has 2 aromatic rings. The smallest absolute Gasteiger partial charge is 0.225 e. The van der Waals surface area contributed by atoms with Crippen LogP contribution in [0.15, 0.2) is 43.0 Å². The summed E-state index contributed by atoms with van der Waals surface area (Å²) in [6.07, 6.45) is 8.30. The zero-order valence-corrected chi connectivity index (χ0v) is 13.3. The van der Waals surface area contributed by atoms with Crippen molar-refractivity contribution in [3.05, 3.63) is 43.0 Å². The van der Waals surface area contributed by atoms with Crippen molar-refractivity contribution in [3.8, 4) is 5.75 Å². The van der Waals surface area contributed by atoms with Crippen LogP contribution in [0.3, 0.4) is 0 Å². The number of anilines is 1. The molecule has 0 bridgehead atoms. The van der Waals surface area contributed by atoms with Crippen molar-refractivity contribution in [1.29, 1.82) is 0 Å². The van der Waals surface area contributed by atoms with E-state index in [0.29, 0.717) is 5.92 Å². The van der Waals surface area contributed by atoms with Gasteiger partial charge >= 0.3 is 0 Å². The SMILES string of the molecule is CN1C[C@H](COc2cccnc2)CC12CN(c1ncccn1)C2. The van der Waals surface area contributed by atoms with Crippen LogP contribution >= 0.6 is 0 Å². The summed E-state index contributed by atoms with van der Waals surface area (Å²) < 4.78 is 5.88. The molecule has 1 spiro atoms. The van der Waals surface area contributed by atoms with Gasteiger partial charge in [0.2, 0.25) is 5.95 Å². The normalized spacial score (nSPS) is 23.0. The molecule has 0 aliphatic carbocycles. The maximum atomic E-state index is 5.88. The Hall–Kier alpha value is -2.21. The topological polar surface area (TPSA) is 54.4 Å². The van der Waals surface area contributed by atoms with Crippen molar-refractivity contribution in [2.75, 3.05) is 38.2 Å². The van der Waals surface area contributed by atoms with Crippen LogP contribution in [0.2, 0.25) is 0 Å². The lowest BCUT2D eigenvalue weighted by Crippen LogP contribution is -2.67. The number of hydrogen-bond donors (Lipinski definition) is 0. The first kappa shape index (κ1) is 14.4. The summed E-state index contributed by atoms with van der Waals surface area (Å²) in [5, 5.41) is 0. The van der Waals surface area contributed by atoms with E-state index >= 15 is 0 Å². The van der Waals surface area contributed by atoms with Gasteiger partial charge in [0.15, 0.2) is 0 Å². The third-order valence-corrected chi connectivity index (χ3v) is 4.94. The van der Waals surface area contributed by atoms with Gasteiger partial charge in [-0.1, -0.05) is 0 Å². The highest BCUT2D eigenvalue weighted by Gasteiger charge is 2.52. The molecule has 0 radical (unpaired) electrons. The van der Waals surface area contributed by atoms with E-state index < -0.39 is 0 Å². The third kappa shape index (κ3) is 2.74. The fourth-order valence-electron chi connectivity index (χ4n) is 3.73. The van der Waals surface area contributed by atoms with Crippen molar-refractivity contribution in [2.45, 2.75) is 12.0 Å². The molecule has 0 unspecified atom stereocenters. The second-order valence-electron chi connectivity index (χ2n) is 6.58. The number of ether oxygens (including phenoxy) is 1. The highest BCUT2D eigenvalue weighted by molar-refractivity contribution is 5.38. The van der Waals surface area contributed by atoms with Gasteiger partial charge in [0.25, 0.3) is 0 Å². The standard InChI is InChI=1S/C17H21N5O/c1-21-10-14(11-23-15-4-2-5-18-9-15)8-17(21)12-22(13-17)16-19-6-3-7-20-16/h2-7,9,14H,8,10-13H2,1H3/t14-/m1/s1. The number of rotatable bonds is 4. The molecule has 4 heterocycles. The van der Waals surface area contributed by atoms with Gasteiger partial charge in [-0.2, -0.15) is 0 Å². The summed E-state index contributed by atoms with van der Waals surface area (Å²) in [6, 6.07) is 5.72. The Morgan fingerprint density at radius 3 is 2.78 bits per heavy atom. The number of likely N-dealkylation sites (N-methyl/N-ethyl adjacent to an activating group) is 1. The summed E-state index contributed by atoms with van der Waals surface area (Å²) in [5.41, 5.74) is 0.252. The van der Waals surface area contributed by atoms with Gasteiger partial charge in [-0.15, -0.1) is 0 Å². The molecule has 120 valence electrons. The Kier molecular flexibility index (Phi) is 3.61. The van der Waals surface area contributed by atoms with Crippen LogP contribution in [0.5, 0.6) is 5.75 Å². The number of hydrogen-bond acceptors (Lipinski definition) is 6. The first-order valence-electron chi connectivity index (χ1n) is 8.01. The Balaban J connectivity index is 1.34. The molecule has 0 aromatic carbocycles. The highest BCUT2D eigenvalue weighted by atomic mass is 16.5. The molecule has 2 fully saturated rings. The van der Waals surface area contributed by atoms with Crippen LogP contribution in [0.4, 0.5) is 5.95 Å². The summed E-state index contributed by atoms with van der Waals surface area (Å²) >= 11 is 0. The van der Waals surface area contributed by atoms with E-state index in [0.717, 1.165) is 44.4 Å². The fourth-order valence-corrected chi connectivity index (χ4v) is 3.73. The Morgan fingerprint density at radius 2 is 2.04 bits per heavy atom. The maximum Gasteiger partial charge on any atom is 0.225 e. The first-order valence-corrected chi connectivity index (χ1v) is 8.01. The van der Waals surface area contributed by atoms with Crippen molar-refractivity contribution in [3.63, 3.8) is 0 Å². The molecule has 2 saturated heterocycles. The number of nitrogens with zero attached hydrogens (tertiary/aromatic N) is 5. The molecule has 0 amide bonds. The van der Waals surface area contributed by atoms with Crippen molar-refractivity contribution in [2.24, 2.45) is 5.92 Å². The van der Waals surface area contributed by atoms with Gasteiger partial charge in [0.1, 0.15) is 5.75 Å². The van der Waals surface area contributed by atoms with Gasteiger partial charge in [0.05, 0.1) is 18.3 Å². The van der Waals surface area contributed by atoms with Crippen LogP contribution in [0.25, 0.3) is 0 Å². The second kappa shape index (κ2) is 5.77. The molecule has 23 heavy (non-hydrogen) atoms. The molecule has 6 heteroatoms. The van der Waals surface area contributed by atoms with Crippen LogP contribution in [-0.4, -0.2) is 58.7 Å². The lowest BCUT2D eigenvalue weighted by atomic mass is 9.85. The number of aromatic nitrogens is 3. The average molecular weight is 311 g/mol. The van der Waals surface area contributed by atoms with E-state index in [2.05, 4.69) is 31.8 Å². The summed E-state index contributed by atoms with van der Waals surface area (Å²) in [5.74, 6) is 2.24. The predicted octanol–water partition coefficient (Wildman–Crippen LogP) is 1.46. The Bertz CT molecular complexity index is 645. The lowest BCUT2D eigenvalue weighted by molar-refractivity contribution is 0.131. The van der Waals surface area contributed by atoms with Gasteiger partial charge in [-0.3, -0.25) is 9.88 Å². The minimum atomic E-state index is 0.252. The molecular formula is C17H21N5O. The minimum absolute atomic E-state index is 0.252. The summed E-state index contributed by atoms with van der Waals surface area (Å²) in [7, 11) is 2.22. The Labute approximate surface area is 136 Å². The molecule has 0 N–H and O–H groups in total. The van der Waals surface area contributed by atoms with E-state index in [-0.39, 0.29) is 5.54 Å². The lowest BCUT2D eigenvalue weighted by Gasteiger charge is -2.51. The van der Waals surface area contributed by atoms with Crippen molar-refractivity contribution in [1.82, 2.24) is 19.9 Å². The van der Waals surface area contributed by atoms with E-state index in [1.54, 1.807) is 24.8 Å². The van der Waals surface area contributed by atoms with Crippen molar-refractivity contribution >= 4 is 5.95 Å². The zero-order valence-electron chi connectivity index (χ0n) is 13.3. The van der Waals surface area contributed by atoms with E-state index in [4.69, 9.17) is 4.74 Å². The minimum Gasteiger partial charge on any atom is -0.492 e. The largest absolute Gasteiger partial charge is 0.492 e.